The Morgan fingerprint density at radius 3 is 2.12 bits per heavy atom. The molecule has 2 aliphatic rings. The second-order valence-corrected chi connectivity index (χ2v) is 10.6. The van der Waals surface area contributed by atoms with Crippen molar-refractivity contribution in [2.45, 2.75) is 50.5 Å². The van der Waals surface area contributed by atoms with Crippen molar-refractivity contribution in [2.24, 2.45) is 0 Å². The fraction of sp³-hybridized carbons (Fsp3) is 0.440. The Bertz CT molecular complexity index is 1120. The molecule has 0 aromatic heterocycles. The number of likely N-dealkylation sites (tertiary alicyclic amines) is 1. The van der Waals surface area contributed by atoms with Crippen LogP contribution in [0.2, 0.25) is 0 Å². The minimum Gasteiger partial charge on any atom is -0.457 e. The van der Waals surface area contributed by atoms with Crippen LogP contribution in [0.5, 0.6) is 0 Å². The fourth-order valence-corrected chi connectivity index (χ4v) is 6.10. The normalized spacial score (nSPS) is 17.2. The molecule has 2 fully saturated rings. The molecular formula is C25H30N2O5S. The van der Waals surface area contributed by atoms with Gasteiger partial charge >= 0.3 is 5.97 Å². The molecule has 4 rings (SSSR count). The number of piperidine rings is 1. The number of carbonyl (C=O) groups is 2. The summed E-state index contributed by atoms with van der Waals surface area (Å²) in [6.45, 7) is 4.38. The number of benzene rings is 2. The lowest BCUT2D eigenvalue weighted by molar-refractivity contribution is 0.0472. The lowest BCUT2D eigenvalue weighted by atomic mass is 10.1. The van der Waals surface area contributed by atoms with E-state index in [9.17, 15) is 18.0 Å². The average Bonchev–Trinajstić information content (AvgIpc) is 3.38. The zero-order chi connectivity index (χ0) is 23.4. The van der Waals surface area contributed by atoms with E-state index >= 15 is 0 Å². The Balaban J connectivity index is 1.41. The van der Waals surface area contributed by atoms with Crippen molar-refractivity contribution in [1.29, 1.82) is 0 Å². The quantitative estimate of drug-likeness (QED) is 0.600. The van der Waals surface area contributed by atoms with Gasteiger partial charge in [0.25, 0.3) is 5.91 Å². The maximum absolute atomic E-state index is 13.1. The van der Waals surface area contributed by atoms with E-state index in [1.165, 1.54) is 10.4 Å². The number of hydrogen-bond donors (Lipinski definition) is 0. The van der Waals surface area contributed by atoms with Crippen LogP contribution in [-0.4, -0.2) is 55.7 Å². The highest BCUT2D eigenvalue weighted by Crippen LogP contribution is 2.25. The summed E-state index contributed by atoms with van der Waals surface area (Å²) in [4.78, 5) is 27.1. The minimum atomic E-state index is -3.65. The zero-order valence-electron chi connectivity index (χ0n) is 19.0. The number of sulfonamides is 1. The molecule has 0 atom stereocenters. The van der Waals surface area contributed by atoms with Crippen LogP contribution in [0, 0.1) is 6.92 Å². The molecule has 0 N–H and O–H groups in total. The summed E-state index contributed by atoms with van der Waals surface area (Å²) in [5, 5.41) is 0. The van der Waals surface area contributed by atoms with Gasteiger partial charge in [0.05, 0.1) is 10.5 Å². The van der Waals surface area contributed by atoms with Crippen molar-refractivity contribution < 1.29 is 22.7 Å². The van der Waals surface area contributed by atoms with Crippen molar-refractivity contribution >= 4 is 21.9 Å². The van der Waals surface area contributed by atoms with E-state index in [-0.39, 0.29) is 23.0 Å². The molecule has 0 aliphatic carbocycles. The lowest BCUT2D eigenvalue weighted by Gasteiger charge is -2.26. The molecule has 2 aromatic rings. The molecule has 0 spiro atoms. The lowest BCUT2D eigenvalue weighted by Crippen LogP contribution is -2.36. The van der Waals surface area contributed by atoms with E-state index in [0.717, 1.165) is 50.8 Å². The van der Waals surface area contributed by atoms with Crippen LogP contribution in [0.25, 0.3) is 0 Å². The van der Waals surface area contributed by atoms with Gasteiger partial charge in [0.2, 0.25) is 10.0 Å². The average molecular weight is 471 g/mol. The van der Waals surface area contributed by atoms with Crippen LogP contribution < -0.4 is 0 Å². The van der Waals surface area contributed by atoms with Gasteiger partial charge in [-0.2, -0.15) is 4.31 Å². The van der Waals surface area contributed by atoms with Gasteiger partial charge in [0.1, 0.15) is 6.61 Å². The molecule has 0 saturated carbocycles. The third-order valence-electron chi connectivity index (χ3n) is 6.32. The van der Waals surface area contributed by atoms with E-state index in [0.29, 0.717) is 24.2 Å². The van der Waals surface area contributed by atoms with Gasteiger partial charge in [-0.3, -0.25) is 4.79 Å². The van der Waals surface area contributed by atoms with Gasteiger partial charge in [-0.1, -0.05) is 24.6 Å². The summed E-state index contributed by atoms with van der Waals surface area (Å²) >= 11 is 0. The maximum atomic E-state index is 13.1. The van der Waals surface area contributed by atoms with Gasteiger partial charge in [-0.15, -0.1) is 0 Å². The van der Waals surface area contributed by atoms with E-state index in [2.05, 4.69) is 0 Å². The topological polar surface area (TPSA) is 84.0 Å². The van der Waals surface area contributed by atoms with Crippen LogP contribution in [0.4, 0.5) is 0 Å². The summed E-state index contributed by atoms with van der Waals surface area (Å²) in [7, 11) is -3.65. The van der Waals surface area contributed by atoms with E-state index in [1.807, 2.05) is 4.90 Å². The van der Waals surface area contributed by atoms with Gasteiger partial charge in [0.15, 0.2) is 0 Å². The Morgan fingerprint density at radius 2 is 1.45 bits per heavy atom. The van der Waals surface area contributed by atoms with Crippen LogP contribution in [0.1, 0.15) is 63.9 Å². The predicted octanol–water partition coefficient (Wildman–Crippen LogP) is 3.76. The van der Waals surface area contributed by atoms with Gasteiger partial charge in [-0.05, 0) is 68.0 Å². The van der Waals surface area contributed by atoms with Crippen molar-refractivity contribution in [3.05, 3.63) is 64.7 Å². The summed E-state index contributed by atoms with van der Waals surface area (Å²) in [6, 6.07) is 11.7. The minimum absolute atomic E-state index is 0.0261. The number of amides is 1. The van der Waals surface area contributed by atoms with Crippen molar-refractivity contribution in [3.63, 3.8) is 0 Å². The Labute approximate surface area is 195 Å². The summed E-state index contributed by atoms with van der Waals surface area (Å²) in [5.74, 6) is -0.555. The number of rotatable bonds is 6. The first-order valence-electron chi connectivity index (χ1n) is 11.5. The second-order valence-electron chi connectivity index (χ2n) is 8.72. The highest BCUT2D eigenvalue weighted by atomic mass is 32.2. The van der Waals surface area contributed by atoms with E-state index in [1.54, 1.807) is 43.3 Å². The molecule has 7 nitrogen and oxygen atoms in total. The number of esters is 1. The standard InChI is InChI=1S/C25H30N2O5S/c1-19-7-10-22(17-23(19)33(30,31)27-15-3-2-4-16-27)25(29)32-18-20-8-11-21(12-9-20)24(28)26-13-5-6-14-26/h7-12,17H,2-6,13-16,18H2,1H3. The van der Waals surface area contributed by atoms with Crippen molar-refractivity contribution in [2.75, 3.05) is 26.2 Å². The van der Waals surface area contributed by atoms with Crippen LogP contribution >= 0.6 is 0 Å². The highest BCUT2D eigenvalue weighted by molar-refractivity contribution is 7.89. The molecule has 2 heterocycles. The first-order chi connectivity index (χ1) is 15.9. The number of aryl methyl sites for hydroxylation is 1. The number of ether oxygens (including phenoxy) is 1. The molecule has 2 aliphatic heterocycles. The molecule has 1 amide bonds. The molecule has 176 valence electrons. The molecule has 33 heavy (non-hydrogen) atoms. The van der Waals surface area contributed by atoms with Crippen molar-refractivity contribution in [3.8, 4) is 0 Å². The SMILES string of the molecule is Cc1ccc(C(=O)OCc2ccc(C(=O)N3CCCC3)cc2)cc1S(=O)(=O)N1CCCCC1. The highest BCUT2D eigenvalue weighted by Gasteiger charge is 2.28. The molecule has 0 bridgehead atoms. The molecule has 2 aromatic carbocycles. The van der Waals surface area contributed by atoms with Crippen LogP contribution in [-0.2, 0) is 21.4 Å². The molecule has 0 radical (unpaired) electrons. The molecular weight excluding hydrogens is 440 g/mol. The third-order valence-corrected chi connectivity index (χ3v) is 8.36. The maximum Gasteiger partial charge on any atom is 0.338 e. The Kier molecular flexibility index (Phi) is 7.14. The molecule has 0 unspecified atom stereocenters. The van der Waals surface area contributed by atoms with Crippen molar-refractivity contribution in [1.82, 2.24) is 9.21 Å². The van der Waals surface area contributed by atoms with E-state index < -0.39 is 16.0 Å². The van der Waals surface area contributed by atoms with Gasteiger partial charge in [0, 0.05) is 31.7 Å². The number of nitrogens with zero attached hydrogens (tertiary/aromatic N) is 2. The monoisotopic (exact) mass is 470 g/mol. The largest absolute Gasteiger partial charge is 0.457 e. The Morgan fingerprint density at radius 1 is 0.848 bits per heavy atom. The zero-order valence-corrected chi connectivity index (χ0v) is 19.8. The number of carbonyl (C=O) groups excluding carboxylic acids is 2. The van der Waals surface area contributed by atoms with E-state index in [4.69, 9.17) is 4.74 Å². The molecule has 8 heteroatoms. The van der Waals surface area contributed by atoms with Gasteiger partial charge < -0.3 is 9.64 Å². The first kappa shape index (κ1) is 23.4. The van der Waals surface area contributed by atoms with Gasteiger partial charge in [-0.25, -0.2) is 13.2 Å². The van der Waals surface area contributed by atoms with Crippen LogP contribution in [0.3, 0.4) is 0 Å². The fourth-order valence-electron chi connectivity index (χ4n) is 4.33. The molecule has 2 saturated heterocycles. The smallest absolute Gasteiger partial charge is 0.338 e. The predicted molar refractivity (Wildman–Crippen MR) is 124 cm³/mol. The van der Waals surface area contributed by atoms with Crippen LogP contribution in [0.15, 0.2) is 47.4 Å². The summed E-state index contributed by atoms with van der Waals surface area (Å²) in [5.41, 5.74) is 2.19. The Hall–Kier alpha value is -2.71. The number of hydrogen-bond acceptors (Lipinski definition) is 5. The second kappa shape index (κ2) is 10.1. The summed E-state index contributed by atoms with van der Waals surface area (Å²) in [6.07, 6.45) is 4.81. The summed E-state index contributed by atoms with van der Waals surface area (Å²) < 4.78 is 33.1. The third kappa shape index (κ3) is 5.28. The first-order valence-corrected chi connectivity index (χ1v) is 13.0.